The van der Waals surface area contributed by atoms with Crippen LogP contribution >= 0.6 is 0 Å². The van der Waals surface area contributed by atoms with Crippen molar-refractivity contribution in [2.45, 2.75) is 59.9 Å². The third kappa shape index (κ3) is 5.30. The number of rotatable bonds is 6. The van der Waals surface area contributed by atoms with Crippen LogP contribution in [0, 0.1) is 11.2 Å². The highest BCUT2D eigenvalue weighted by Crippen LogP contribution is 2.41. The zero-order chi connectivity index (χ0) is 32.5. The number of amides is 1. The van der Waals surface area contributed by atoms with E-state index in [0.717, 1.165) is 38.2 Å². The molecule has 3 aliphatic rings. The van der Waals surface area contributed by atoms with Crippen LogP contribution in [0.15, 0.2) is 41.3 Å². The lowest BCUT2D eigenvalue weighted by molar-refractivity contribution is -0.142. The van der Waals surface area contributed by atoms with Gasteiger partial charge in [-0.15, -0.1) is 0 Å². The monoisotopic (exact) mass is 627 g/mol. The number of nitrogens with zero attached hydrogens (tertiary/aromatic N) is 6. The van der Waals surface area contributed by atoms with E-state index in [1.54, 1.807) is 24.2 Å². The number of pyridine rings is 1. The molecule has 240 valence electrons. The fraction of sp³-hybridized carbons (Fsp3) is 0.412. The van der Waals surface area contributed by atoms with Crippen LogP contribution in [0.4, 0.5) is 21.6 Å². The quantitative estimate of drug-likeness (QED) is 0.319. The molecule has 0 atom stereocenters. The van der Waals surface area contributed by atoms with Gasteiger partial charge in [0.2, 0.25) is 0 Å². The van der Waals surface area contributed by atoms with E-state index < -0.39 is 11.8 Å². The number of halogens is 1. The smallest absolute Gasteiger partial charge is 0.302 e. The van der Waals surface area contributed by atoms with Crippen molar-refractivity contribution < 1.29 is 18.7 Å². The fourth-order valence-electron chi connectivity index (χ4n) is 7.13. The molecule has 7 rings (SSSR count). The van der Waals surface area contributed by atoms with E-state index >= 15 is 4.39 Å². The minimum Gasteiger partial charge on any atom is -0.461 e. The van der Waals surface area contributed by atoms with Gasteiger partial charge in [-0.2, -0.15) is 5.10 Å². The molecule has 1 aliphatic carbocycles. The number of benzene rings is 1. The van der Waals surface area contributed by atoms with Crippen LogP contribution in [0.3, 0.4) is 0 Å². The van der Waals surface area contributed by atoms with Gasteiger partial charge in [0.1, 0.15) is 23.8 Å². The van der Waals surface area contributed by atoms with Crippen LogP contribution in [0.5, 0.6) is 0 Å². The molecule has 1 N–H and O–H groups in total. The van der Waals surface area contributed by atoms with Crippen molar-refractivity contribution in [3.8, 4) is 11.1 Å². The molecule has 1 amide bonds. The third-order valence-electron chi connectivity index (χ3n) is 9.27. The van der Waals surface area contributed by atoms with Crippen molar-refractivity contribution in [1.82, 2.24) is 23.8 Å². The van der Waals surface area contributed by atoms with E-state index in [1.807, 2.05) is 23.9 Å². The average Bonchev–Trinajstić information content (AvgIpc) is 3.63. The largest absolute Gasteiger partial charge is 0.461 e. The van der Waals surface area contributed by atoms with Gasteiger partial charge < -0.3 is 24.1 Å². The van der Waals surface area contributed by atoms with Gasteiger partial charge in [0.15, 0.2) is 5.82 Å². The third-order valence-corrected chi connectivity index (χ3v) is 9.27. The Kier molecular flexibility index (Phi) is 7.15. The molecule has 0 unspecified atom stereocenters. The summed E-state index contributed by atoms with van der Waals surface area (Å²) < 4.78 is 26.4. The van der Waals surface area contributed by atoms with Crippen molar-refractivity contribution in [2.75, 3.05) is 30.4 Å². The summed E-state index contributed by atoms with van der Waals surface area (Å²) in [4.78, 5) is 43.0. The van der Waals surface area contributed by atoms with E-state index in [4.69, 9.17) is 4.74 Å². The molecule has 11 nitrogen and oxygen atoms in total. The maximum Gasteiger partial charge on any atom is 0.302 e. The highest BCUT2D eigenvalue weighted by molar-refractivity contribution is 6.07. The summed E-state index contributed by atoms with van der Waals surface area (Å²) in [7, 11) is 3.67. The molecular weight excluding hydrogens is 589 g/mol. The van der Waals surface area contributed by atoms with Crippen molar-refractivity contribution in [1.29, 1.82) is 0 Å². The second kappa shape index (κ2) is 11.0. The van der Waals surface area contributed by atoms with E-state index in [2.05, 4.69) is 33.7 Å². The first kappa shape index (κ1) is 30.0. The van der Waals surface area contributed by atoms with Gasteiger partial charge in [0, 0.05) is 69.2 Å². The van der Waals surface area contributed by atoms with Crippen LogP contribution in [0.25, 0.3) is 11.1 Å². The minimum absolute atomic E-state index is 0.152. The second-order valence-corrected chi connectivity index (χ2v) is 13.5. The van der Waals surface area contributed by atoms with E-state index in [1.165, 1.54) is 34.9 Å². The Morgan fingerprint density at radius 1 is 1.04 bits per heavy atom. The average molecular weight is 628 g/mol. The molecule has 0 radical (unpaired) electrons. The Labute approximate surface area is 266 Å². The van der Waals surface area contributed by atoms with Crippen LogP contribution in [0.1, 0.15) is 53.8 Å². The number of nitrogens with one attached hydrogen (secondary N) is 1. The Balaban J connectivity index is 1.29. The van der Waals surface area contributed by atoms with Crippen molar-refractivity contribution >= 4 is 29.1 Å². The number of carbonyl (C=O) groups excluding carboxylic acids is 2. The topological polar surface area (TPSA) is 107 Å². The molecule has 0 fully saturated rings. The predicted octanol–water partition coefficient (Wildman–Crippen LogP) is 4.23. The second-order valence-electron chi connectivity index (χ2n) is 13.5. The molecule has 1 aromatic carbocycles. The van der Waals surface area contributed by atoms with Gasteiger partial charge in [-0.25, -0.2) is 4.39 Å². The summed E-state index contributed by atoms with van der Waals surface area (Å²) in [5.74, 6) is -0.742. The molecule has 46 heavy (non-hydrogen) atoms. The van der Waals surface area contributed by atoms with Crippen LogP contribution < -0.4 is 15.8 Å². The van der Waals surface area contributed by atoms with Crippen LogP contribution in [-0.4, -0.2) is 55.8 Å². The van der Waals surface area contributed by atoms with Crippen molar-refractivity contribution in [3.63, 3.8) is 0 Å². The maximum atomic E-state index is 15.5. The van der Waals surface area contributed by atoms with Crippen molar-refractivity contribution in [3.05, 3.63) is 80.9 Å². The lowest BCUT2D eigenvalue weighted by Crippen LogP contribution is -2.41. The lowest BCUT2D eigenvalue weighted by atomic mass is 9.90. The molecule has 12 heteroatoms. The summed E-state index contributed by atoms with van der Waals surface area (Å²) in [6.45, 7) is 8.88. The van der Waals surface area contributed by atoms with Gasteiger partial charge in [0.05, 0.1) is 17.9 Å². The molecule has 3 aromatic heterocycles. The number of likely N-dealkylation sites (N-methyl/N-ethyl adjacent to an activating group) is 1. The number of aryl methyl sites for hydroxylation is 1. The standard InChI is InChI=1S/C34H38FN7O4/c1-20(43)46-19-26-25(22-10-27(32(44)39(5)17-22)36-31-14-24-18-38(4)6-9-42(24)37-31)12-23(35)13-28(26)41-8-7-40-29(33(41)45)11-21-15-34(2,3)16-30(21)40/h10-14,17H,6-9,15-16,18-19H2,1-5H3,(H,36,37). The van der Waals surface area contributed by atoms with Gasteiger partial charge >= 0.3 is 5.97 Å². The maximum absolute atomic E-state index is 15.5. The predicted molar refractivity (Wildman–Crippen MR) is 172 cm³/mol. The normalized spacial score (nSPS) is 17.1. The first-order chi connectivity index (χ1) is 21.9. The fourth-order valence-corrected chi connectivity index (χ4v) is 7.13. The van der Waals surface area contributed by atoms with Crippen LogP contribution in [0.2, 0.25) is 0 Å². The molecule has 0 saturated heterocycles. The van der Waals surface area contributed by atoms with E-state index in [0.29, 0.717) is 47.0 Å². The summed E-state index contributed by atoms with van der Waals surface area (Å²) >= 11 is 0. The Morgan fingerprint density at radius 3 is 2.63 bits per heavy atom. The van der Waals surface area contributed by atoms with Gasteiger partial charge in [-0.3, -0.25) is 24.0 Å². The number of hydrogen-bond acceptors (Lipinski definition) is 7. The zero-order valence-electron chi connectivity index (χ0n) is 26.8. The van der Waals surface area contributed by atoms with Gasteiger partial charge in [0.25, 0.3) is 11.5 Å². The Morgan fingerprint density at radius 2 is 1.85 bits per heavy atom. The lowest BCUT2D eigenvalue weighted by Gasteiger charge is -2.32. The summed E-state index contributed by atoms with van der Waals surface area (Å²) in [6, 6.07) is 8.22. The SMILES string of the molecule is CC(=O)OCc1c(-c2cc(Nc3cc4n(n3)CCN(C)C4)c(=O)n(C)c2)cc(F)cc1N1CCn2c(cc3c2CC(C)(C)C3)C1=O. The highest BCUT2D eigenvalue weighted by Gasteiger charge is 2.37. The van der Waals surface area contributed by atoms with E-state index in [-0.39, 0.29) is 29.2 Å². The summed E-state index contributed by atoms with van der Waals surface area (Å²) in [5, 5.41) is 7.80. The first-order valence-corrected chi connectivity index (χ1v) is 15.6. The number of aromatic nitrogens is 4. The van der Waals surface area contributed by atoms with Gasteiger partial charge in [-0.05, 0) is 60.7 Å². The highest BCUT2D eigenvalue weighted by atomic mass is 19.1. The van der Waals surface area contributed by atoms with Gasteiger partial charge in [-0.1, -0.05) is 13.8 Å². The number of fused-ring (bicyclic) bond motifs is 4. The summed E-state index contributed by atoms with van der Waals surface area (Å²) in [6.07, 6.45) is 3.42. The molecule has 0 saturated carbocycles. The van der Waals surface area contributed by atoms with Crippen molar-refractivity contribution in [2.24, 2.45) is 12.5 Å². The van der Waals surface area contributed by atoms with Crippen LogP contribution in [-0.2, 0) is 55.7 Å². The molecular formula is C34H38FN7O4. The number of hydrogen-bond donors (Lipinski definition) is 1. The van der Waals surface area contributed by atoms with E-state index in [9.17, 15) is 14.4 Å². The Bertz CT molecular complexity index is 1970. The summed E-state index contributed by atoms with van der Waals surface area (Å²) in [5.41, 5.74) is 5.88. The molecule has 2 aliphatic heterocycles. The Hall–Kier alpha value is -4.71. The zero-order valence-corrected chi connectivity index (χ0v) is 26.8. The first-order valence-electron chi connectivity index (χ1n) is 15.6. The number of anilines is 3. The number of ether oxygens (including phenoxy) is 1. The molecule has 0 spiro atoms. The molecule has 5 heterocycles. The number of carbonyl (C=O) groups is 2. The molecule has 0 bridgehead atoms. The molecule has 4 aromatic rings. The number of esters is 1. The minimum atomic E-state index is -0.552.